The SMILES string of the molecule is Cc1noc(C)c1CN(Cc1cccs1)[C@@H]1CCS(=O)(=O)C1. The molecule has 0 radical (unpaired) electrons. The molecular weight excluding hydrogens is 320 g/mol. The topological polar surface area (TPSA) is 63.4 Å². The van der Waals surface area contributed by atoms with E-state index >= 15 is 0 Å². The van der Waals surface area contributed by atoms with Crippen LogP contribution in [0, 0.1) is 13.8 Å². The molecule has 0 aromatic carbocycles. The first-order chi connectivity index (χ1) is 10.4. The van der Waals surface area contributed by atoms with Gasteiger partial charge in [-0.25, -0.2) is 8.42 Å². The van der Waals surface area contributed by atoms with Gasteiger partial charge in [-0.1, -0.05) is 11.2 Å². The summed E-state index contributed by atoms with van der Waals surface area (Å²) in [5.74, 6) is 1.36. The molecule has 0 N–H and O–H groups in total. The predicted molar refractivity (Wildman–Crippen MR) is 86.6 cm³/mol. The van der Waals surface area contributed by atoms with Crippen LogP contribution in [0.1, 0.15) is 28.3 Å². The third-order valence-electron chi connectivity index (χ3n) is 4.21. The van der Waals surface area contributed by atoms with Crippen molar-refractivity contribution in [1.29, 1.82) is 0 Å². The summed E-state index contributed by atoms with van der Waals surface area (Å²) < 4.78 is 28.9. The van der Waals surface area contributed by atoms with E-state index in [0.29, 0.717) is 18.7 Å². The Balaban J connectivity index is 1.83. The van der Waals surface area contributed by atoms with E-state index in [0.717, 1.165) is 23.6 Å². The van der Waals surface area contributed by atoms with Crippen molar-refractivity contribution in [3.63, 3.8) is 0 Å². The van der Waals surface area contributed by atoms with Crippen molar-refractivity contribution in [2.45, 2.75) is 39.4 Å². The van der Waals surface area contributed by atoms with Crippen molar-refractivity contribution in [3.05, 3.63) is 39.4 Å². The minimum atomic E-state index is -2.90. The van der Waals surface area contributed by atoms with Gasteiger partial charge in [0.15, 0.2) is 9.84 Å². The van der Waals surface area contributed by atoms with E-state index in [-0.39, 0.29) is 11.8 Å². The summed E-state index contributed by atoms with van der Waals surface area (Å²) in [6.07, 6.45) is 0.705. The van der Waals surface area contributed by atoms with Gasteiger partial charge in [0.25, 0.3) is 0 Å². The van der Waals surface area contributed by atoms with E-state index in [4.69, 9.17) is 4.52 Å². The number of hydrogen-bond acceptors (Lipinski definition) is 6. The first-order valence-corrected chi connectivity index (χ1v) is 10.0. The average molecular weight is 340 g/mol. The van der Waals surface area contributed by atoms with Crippen molar-refractivity contribution in [3.8, 4) is 0 Å². The van der Waals surface area contributed by atoms with Gasteiger partial charge < -0.3 is 4.52 Å². The number of aryl methyl sites for hydroxylation is 2. The molecule has 22 heavy (non-hydrogen) atoms. The Morgan fingerprint density at radius 2 is 2.23 bits per heavy atom. The fourth-order valence-electron chi connectivity index (χ4n) is 2.91. The van der Waals surface area contributed by atoms with E-state index in [2.05, 4.69) is 21.5 Å². The zero-order valence-electron chi connectivity index (χ0n) is 12.8. The first-order valence-electron chi connectivity index (χ1n) is 7.33. The highest BCUT2D eigenvalue weighted by atomic mass is 32.2. The van der Waals surface area contributed by atoms with Crippen LogP contribution in [-0.4, -0.2) is 36.0 Å². The summed E-state index contributed by atoms with van der Waals surface area (Å²) in [5, 5.41) is 6.05. The maximum Gasteiger partial charge on any atom is 0.151 e. The van der Waals surface area contributed by atoms with Crippen LogP contribution in [0.25, 0.3) is 0 Å². The average Bonchev–Trinajstić information content (AvgIpc) is 3.15. The Morgan fingerprint density at radius 3 is 2.77 bits per heavy atom. The summed E-state index contributed by atoms with van der Waals surface area (Å²) in [7, 11) is -2.90. The van der Waals surface area contributed by atoms with Crippen LogP contribution in [0.2, 0.25) is 0 Å². The Hall–Kier alpha value is -1.18. The lowest BCUT2D eigenvalue weighted by atomic mass is 10.1. The second kappa shape index (κ2) is 6.14. The second-order valence-corrected chi connectivity index (χ2v) is 9.10. The predicted octanol–water partition coefficient (Wildman–Crippen LogP) is 2.54. The third kappa shape index (κ3) is 3.42. The number of thiophene rings is 1. The highest BCUT2D eigenvalue weighted by Crippen LogP contribution is 2.25. The van der Waals surface area contributed by atoms with Crippen LogP contribution in [0.3, 0.4) is 0 Å². The minimum absolute atomic E-state index is 0.0702. The normalized spacial score (nSPS) is 20.8. The number of nitrogens with zero attached hydrogens (tertiary/aromatic N) is 2. The van der Waals surface area contributed by atoms with Crippen LogP contribution in [0.4, 0.5) is 0 Å². The molecule has 7 heteroatoms. The molecule has 5 nitrogen and oxygen atoms in total. The van der Waals surface area contributed by atoms with Gasteiger partial charge in [0, 0.05) is 29.6 Å². The molecule has 0 unspecified atom stereocenters. The van der Waals surface area contributed by atoms with Crippen LogP contribution in [0.5, 0.6) is 0 Å². The van der Waals surface area contributed by atoms with E-state index < -0.39 is 9.84 Å². The molecule has 1 saturated heterocycles. The van der Waals surface area contributed by atoms with Crippen LogP contribution in [0.15, 0.2) is 22.0 Å². The van der Waals surface area contributed by atoms with Gasteiger partial charge in [0.1, 0.15) is 5.76 Å². The molecule has 0 spiro atoms. The van der Waals surface area contributed by atoms with Gasteiger partial charge >= 0.3 is 0 Å². The number of rotatable bonds is 5. The molecule has 2 aromatic heterocycles. The molecule has 1 fully saturated rings. The van der Waals surface area contributed by atoms with Crippen LogP contribution in [-0.2, 0) is 22.9 Å². The molecule has 0 saturated carbocycles. The summed E-state index contributed by atoms with van der Waals surface area (Å²) in [6.45, 7) is 5.28. The third-order valence-corrected chi connectivity index (χ3v) is 6.82. The number of aromatic nitrogens is 1. The largest absolute Gasteiger partial charge is 0.361 e. The smallest absolute Gasteiger partial charge is 0.151 e. The lowest BCUT2D eigenvalue weighted by Gasteiger charge is -2.27. The lowest BCUT2D eigenvalue weighted by Crippen LogP contribution is -2.35. The van der Waals surface area contributed by atoms with Crippen molar-refractivity contribution in [1.82, 2.24) is 10.1 Å². The van der Waals surface area contributed by atoms with Crippen molar-refractivity contribution < 1.29 is 12.9 Å². The monoisotopic (exact) mass is 340 g/mol. The van der Waals surface area contributed by atoms with Gasteiger partial charge in [-0.2, -0.15) is 0 Å². The lowest BCUT2D eigenvalue weighted by molar-refractivity contribution is 0.194. The minimum Gasteiger partial charge on any atom is -0.361 e. The van der Waals surface area contributed by atoms with Crippen molar-refractivity contribution >= 4 is 21.2 Å². The number of hydrogen-bond donors (Lipinski definition) is 0. The Kier molecular flexibility index (Phi) is 4.38. The van der Waals surface area contributed by atoms with E-state index in [1.807, 2.05) is 19.9 Å². The van der Waals surface area contributed by atoms with Crippen LogP contribution < -0.4 is 0 Å². The molecule has 1 aliphatic rings. The fourth-order valence-corrected chi connectivity index (χ4v) is 5.40. The van der Waals surface area contributed by atoms with Gasteiger partial charge in [-0.05, 0) is 31.7 Å². The quantitative estimate of drug-likeness (QED) is 0.837. The number of sulfone groups is 1. The molecule has 3 rings (SSSR count). The molecule has 1 aliphatic heterocycles. The van der Waals surface area contributed by atoms with Gasteiger partial charge in [-0.15, -0.1) is 11.3 Å². The van der Waals surface area contributed by atoms with Crippen LogP contribution >= 0.6 is 11.3 Å². The first kappa shape index (κ1) is 15.7. The molecule has 0 amide bonds. The maximum atomic E-state index is 11.8. The molecule has 0 bridgehead atoms. The van der Waals surface area contributed by atoms with Gasteiger partial charge in [0.2, 0.25) is 0 Å². The standard InChI is InChI=1S/C15H20N2O3S2/c1-11-15(12(2)20-16-11)9-17(8-14-4-3-6-21-14)13-5-7-22(18,19)10-13/h3-4,6,13H,5,7-10H2,1-2H3/t13-/m1/s1. The zero-order chi connectivity index (χ0) is 15.7. The van der Waals surface area contributed by atoms with E-state index in [1.165, 1.54) is 4.88 Å². The Bertz CT molecular complexity index is 715. The van der Waals surface area contributed by atoms with Gasteiger partial charge in [-0.3, -0.25) is 4.90 Å². The molecule has 120 valence electrons. The maximum absolute atomic E-state index is 11.8. The molecule has 1 atom stereocenters. The molecule has 0 aliphatic carbocycles. The summed E-state index contributed by atoms with van der Waals surface area (Å²) >= 11 is 1.70. The molecule has 2 aromatic rings. The Morgan fingerprint density at radius 1 is 1.41 bits per heavy atom. The summed E-state index contributed by atoms with van der Waals surface area (Å²) in [6, 6.07) is 4.19. The molecular formula is C15H20N2O3S2. The summed E-state index contributed by atoms with van der Waals surface area (Å²) in [4.78, 5) is 3.50. The second-order valence-electron chi connectivity index (χ2n) is 5.84. The fraction of sp³-hybridized carbons (Fsp3) is 0.533. The zero-order valence-corrected chi connectivity index (χ0v) is 14.4. The van der Waals surface area contributed by atoms with Crippen molar-refractivity contribution in [2.75, 3.05) is 11.5 Å². The highest BCUT2D eigenvalue weighted by Gasteiger charge is 2.33. The highest BCUT2D eigenvalue weighted by molar-refractivity contribution is 7.91. The van der Waals surface area contributed by atoms with E-state index in [1.54, 1.807) is 11.3 Å². The van der Waals surface area contributed by atoms with E-state index in [9.17, 15) is 8.42 Å². The van der Waals surface area contributed by atoms with Crippen molar-refractivity contribution in [2.24, 2.45) is 0 Å². The summed E-state index contributed by atoms with van der Waals surface area (Å²) in [5.41, 5.74) is 1.95. The van der Waals surface area contributed by atoms with Gasteiger partial charge in [0.05, 0.1) is 17.2 Å². The Labute approximate surface area is 134 Å². The molecule has 3 heterocycles.